The minimum Gasteiger partial charge on any atom is -0.493 e. The van der Waals surface area contributed by atoms with Crippen molar-refractivity contribution >= 4 is 5.91 Å². The summed E-state index contributed by atoms with van der Waals surface area (Å²) in [5.74, 6) is 1.37. The lowest BCUT2D eigenvalue weighted by molar-refractivity contribution is -0.133. The second-order valence-corrected chi connectivity index (χ2v) is 5.12. The smallest absolute Gasteiger partial charge is 0.240 e. The van der Waals surface area contributed by atoms with Crippen LogP contribution in [0.2, 0.25) is 0 Å². The normalized spacial score (nSPS) is 15.1. The van der Waals surface area contributed by atoms with Gasteiger partial charge < -0.3 is 20.1 Å². The molecule has 1 amide bonds. The summed E-state index contributed by atoms with van der Waals surface area (Å²) in [6.45, 7) is 4.85. The molecular weight excluding hydrogens is 268 g/mol. The van der Waals surface area contributed by atoms with Gasteiger partial charge in [0, 0.05) is 13.1 Å². The van der Waals surface area contributed by atoms with Crippen LogP contribution in [0.15, 0.2) is 24.8 Å². The van der Waals surface area contributed by atoms with Crippen molar-refractivity contribution in [1.29, 1.82) is 0 Å². The number of amides is 1. The van der Waals surface area contributed by atoms with E-state index in [-0.39, 0.29) is 5.91 Å². The number of nitrogens with zero attached hydrogens (tertiary/aromatic N) is 1. The van der Waals surface area contributed by atoms with E-state index in [9.17, 15) is 4.79 Å². The molecule has 0 bridgehead atoms. The molecule has 2 N–H and O–H groups in total. The summed E-state index contributed by atoms with van der Waals surface area (Å²) in [5, 5.41) is 0. The Balaban J connectivity index is 2.20. The van der Waals surface area contributed by atoms with Gasteiger partial charge in [-0.2, -0.15) is 0 Å². The van der Waals surface area contributed by atoms with Crippen molar-refractivity contribution in [2.75, 3.05) is 20.8 Å². The van der Waals surface area contributed by atoms with Gasteiger partial charge in [0.15, 0.2) is 11.5 Å². The third-order valence-electron chi connectivity index (χ3n) is 3.77. The molecule has 5 nitrogen and oxygen atoms in total. The van der Waals surface area contributed by atoms with E-state index in [0.717, 1.165) is 17.7 Å². The summed E-state index contributed by atoms with van der Waals surface area (Å²) >= 11 is 0. The number of ether oxygens (including phenoxy) is 2. The Bertz CT molecular complexity index is 543. The molecule has 0 saturated carbocycles. The zero-order chi connectivity index (χ0) is 15.4. The van der Waals surface area contributed by atoms with Crippen molar-refractivity contribution in [2.45, 2.75) is 25.4 Å². The van der Waals surface area contributed by atoms with Gasteiger partial charge in [-0.3, -0.25) is 4.79 Å². The molecule has 0 spiro atoms. The molecule has 0 aromatic heterocycles. The lowest BCUT2D eigenvalue weighted by Gasteiger charge is -2.31. The monoisotopic (exact) mass is 290 g/mol. The van der Waals surface area contributed by atoms with Gasteiger partial charge in [-0.15, -0.1) is 6.58 Å². The average Bonchev–Trinajstić information content (AvgIpc) is 2.52. The van der Waals surface area contributed by atoms with Gasteiger partial charge in [0.25, 0.3) is 0 Å². The van der Waals surface area contributed by atoms with Gasteiger partial charge in [0.05, 0.1) is 20.3 Å². The molecular formula is C16H22N2O3. The molecule has 1 aliphatic rings. The number of fused-ring (bicyclic) bond motifs is 1. The molecule has 1 aromatic rings. The van der Waals surface area contributed by atoms with Gasteiger partial charge in [0.2, 0.25) is 5.91 Å². The average molecular weight is 290 g/mol. The van der Waals surface area contributed by atoms with E-state index in [0.29, 0.717) is 25.3 Å². The summed E-state index contributed by atoms with van der Waals surface area (Å²) in [5.41, 5.74) is 8.14. The Kier molecular flexibility index (Phi) is 4.85. The van der Waals surface area contributed by atoms with Crippen molar-refractivity contribution in [3.05, 3.63) is 35.9 Å². The van der Waals surface area contributed by atoms with E-state index < -0.39 is 6.04 Å². The van der Waals surface area contributed by atoms with Crippen LogP contribution in [0, 0.1) is 0 Å². The number of hydrogen-bond acceptors (Lipinski definition) is 4. The second-order valence-electron chi connectivity index (χ2n) is 5.12. The van der Waals surface area contributed by atoms with Crippen LogP contribution in [0.25, 0.3) is 0 Å². The van der Waals surface area contributed by atoms with Crippen LogP contribution in [0.1, 0.15) is 17.5 Å². The Morgan fingerprint density at radius 1 is 1.38 bits per heavy atom. The van der Waals surface area contributed by atoms with Crippen molar-refractivity contribution < 1.29 is 14.3 Å². The fraction of sp³-hybridized carbons (Fsp3) is 0.438. The number of carbonyl (C=O) groups excluding carboxylic acids is 1. The van der Waals surface area contributed by atoms with E-state index in [1.165, 1.54) is 5.56 Å². The van der Waals surface area contributed by atoms with Gasteiger partial charge in [-0.1, -0.05) is 6.08 Å². The molecule has 0 saturated heterocycles. The van der Waals surface area contributed by atoms with Crippen LogP contribution < -0.4 is 15.2 Å². The summed E-state index contributed by atoms with van der Waals surface area (Å²) in [7, 11) is 3.23. The zero-order valence-corrected chi connectivity index (χ0v) is 12.6. The zero-order valence-electron chi connectivity index (χ0n) is 12.6. The van der Waals surface area contributed by atoms with E-state index >= 15 is 0 Å². The van der Waals surface area contributed by atoms with Crippen LogP contribution in [-0.2, 0) is 17.8 Å². The first-order valence-corrected chi connectivity index (χ1v) is 6.99. The maximum absolute atomic E-state index is 12.3. The molecule has 0 aliphatic carbocycles. The predicted molar refractivity (Wildman–Crippen MR) is 81.5 cm³/mol. The maximum Gasteiger partial charge on any atom is 0.240 e. The maximum atomic E-state index is 12.3. The van der Waals surface area contributed by atoms with Crippen molar-refractivity contribution in [3.8, 4) is 11.5 Å². The van der Waals surface area contributed by atoms with Crippen molar-refractivity contribution in [1.82, 2.24) is 4.90 Å². The number of rotatable bonds is 5. The summed E-state index contributed by atoms with van der Waals surface area (Å²) in [4.78, 5) is 14.1. The molecule has 1 aliphatic heterocycles. The Hall–Kier alpha value is -2.01. The van der Waals surface area contributed by atoms with Crippen molar-refractivity contribution in [2.24, 2.45) is 5.73 Å². The number of carbonyl (C=O) groups is 1. The van der Waals surface area contributed by atoms with Gasteiger partial charge in [-0.05, 0) is 36.1 Å². The Labute approximate surface area is 125 Å². The minimum atomic E-state index is -0.510. The third-order valence-corrected chi connectivity index (χ3v) is 3.77. The highest BCUT2D eigenvalue weighted by Crippen LogP contribution is 2.33. The standard InChI is InChI=1S/C16H22N2O3/c1-4-5-13(17)16(19)18-7-6-11-8-14(20-2)15(21-3)9-12(11)10-18/h4,8-9,13H,1,5-7,10,17H2,2-3H3. The summed E-state index contributed by atoms with van der Waals surface area (Å²) in [6, 6.07) is 3.41. The predicted octanol–water partition coefficient (Wildman–Crippen LogP) is 1.49. The van der Waals surface area contributed by atoms with E-state index in [1.54, 1.807) is 25.2 Å². The van der Waals surface area contributed by atoms with Gasteiger partial charge >= 0.3 is 0 Å². The molecule has 0 fully saturated rings. The van der Waals surface area contributed by atoms with E-state index in [4.69, 9.17) is 15.2 Å². The van der Waals surface area contributed by atoms with Crippen LogP contribution in [-0.4, -0.2) is 37.6 Å². The fourth-order valence-corrected chi connectivity index (χ4v) is 2.59. The molecule has 1 atom stereocenters. The molecule has 1 aromatic carbocycles. The highest BCUT2D eigenvalue weighted by Gasteiger charge is 2.25. The third kappa shape index (κ3) is 3.19. The van der Waals surface area contributed by atoms with Crippen LogP contribution >= 0.6 is 0 Å². The first-order valence-electron chi connectivity index (χ1n) is 6.99. The van der Waals surface area contributed by atoms with Crippen LogP contribution in [0.4, 0.5) is 0 Å². The lowest BCUT2D eigenvalue weighted by atomic mass is 9.98. The fourth-order valence-electron chi connectivity index (χ4n) is 2.59. The van der Waals surface area contributed by atoms with Crippen LogP contribution in [0.5, 0.6) is 11.5 Å². The molecule has 1 heterocycles. The largest absolute Gasteiger partial charge is 0.493 e. The SMILES string of the molecule is C=CCC(N)C(=O)N1CCc2cc(OC)c(OC)cc2C1. The molecule has 114 valence electrons. The number of methoxy groups -OCH3 is 2. The van der Waals surface area contributed by atoms with Crippen LogP contribution in [0.3, 0.4) is 0 Å². The lowest BCUT2D eigenvalue weighted by Crippen LogP contribution is -2.45. The number of hydrogen-bond donors (Lipinski definition) is 1. The topological polar surface area (TPSA) is 64.8 Å². The molecule has 21 heavy (non-hydrogen) atoms. The highest BCUT2D eigenvalue weighted by molar-refractivity contribution is 5.82. The van der Waals surface area contributed by atoms with E-state index in [2.05, 4.69) is 6.58 Å². The number of nitrogens with two attached hydrogens (primary N) is 1. The second kappa shape index (κ2) is 6.63. The molecule has 0 radical (unpaired) electrons. The quantitative estimate of drug-likeness (QED) is 0.835. The highest BCUT2D eigenvalue weighted by atomic mass is 16.5. The Morgan fingerprint density at radius 3 is 2.57 bits per heavy atom. The molecule has 1 unspecified atom stereocenters. The van der Waals surface area contributed by atoms with Crippen molar-refractivity contribution in [3.63, 3.8) is 0 Å². The van der Waals surface area contributed by atoms with E-state index in [1.807, 2.05) is 12.1 Å². The Morgan fingerprint density at radius 2 is 2.00 bits per heavy atom. The summed E-state index contributed by atoms with van der Waals surface area (Å²) in [6.07, 6.45) is 2.96. The summed E-state index contributed by atoms with van der Waals surface area (Å²) < 4.78 is 10.6. The first kappa shape index (κ1) is 15.4. The van der Waals surface area contributed by atoms with Gasteiger partial charge in [-0.25, -0.2) is 0 Å². The molecule has 5 heteroatoms. The van der Waals surface area contributed by atoms with Gasteiger partial charge in [0.1, 0.15) is 0 Å². The minimum absolute atomic E-state index is 0.0321. The molecule has 2 rings (SSSR count). The number of benzene rings is 1. The first-order chi connectivity index (χ1) is 10.1.